The Labute approximate surface area is 30.0 Å². The molecule has 0 aromatic heterocycles. The van der Waals surface area contributed by atoms with Gasteiger partial charge in [-0.3, -0.25) is 0 Å². The lowest BCUT2D eigenvalue weighted by atomic mass is 10.9. The Morgan fingerprint density at radius 3 is 2.20 bits per heavy atom. The summed E-state index contributed by atoms with van der Waals surface area (Å²) in [7, 11) is 0. The van der Waals surface area contributed by atoms with Crippen molar-refractivity contribution in [2.24, 2.45) is 0 Å². The molecule has 0 bridgehead atoms. The van der Waals surface area contributed by atoms with E-state index in [0.717, 1.165) is 18.6 Å². The van der Waals surface area contributed by atoms with Crippen LogP contribution in [0.5, 0.6) is 0 Å². The second kappa shape index (κ2) is 0.661. The molecule has 0 aromatic carbocycles. The van der Waals surface area contributed by atoms with Crippen molar-refractivity contribution in [2.75, 3.05) is 0 Å². The summed E-state index contributed by atoms with van der Waals surface area (Å²) in [6.45, 7) is 0. The minimum atomic E-state index is 0.935. The molecule has 0 aromatic rings. The van der Waals surface area contributed by atoms with Crippen LogP contribution in [0.4, 0.5) is 0 Å². The SMILES string of the molecule is [N-]=[N+]=C1CC1. The van der Waals surface area contributed by atoms with Gasteiger partial charge in [-0.2, -0.15) is 4.79 Å². The van der Waals surface area contributed by atoms with Gasteiger partial charge in [0.1, 0.15) is 0 Å². The molecule has 0 spiro atoms. The van der Waals surface area contributed by atoms with E-state index in [4.69, 9.17) is 5.53 Å². The highest BCUT2D eigenvalue weighted by Gasteiger charge is 2.22. The highest BCUT2D eigenvalue weighted by Crippen LogP contribution is 2.08. The molecule has 5 heavy (non-hydrogen) atoms. The van der Waals surface area contributed by atoms with E-state index >= 15 is 0 Å². The average Bonchev–Trinajstić information content (AvgIpc) is 2.12. The molecule has 0 radical (unpaired) electrons. The van der Waals surface area contributed by atoms with Crippen molar-refractivity contribution in [3.05, 3.63) is 5.53 Å². The smallest absolute Gasteiger partial charge is 0.270 e. The molecular formula is C3H4N2. The van der Waals surface area contributed by atoms with Crippen molar-refractivity contribution < 1.29 is 4.79 Å². The van der Waals surface area contributed by atoms with E-state index in [1.165, 1.54) is 0 Å². The van der Waals surface area contributed by atoms with Gasteiger partial charge in [0.05, 0.1) is 12.8 Å². The minimum Gasteiger partial charge on any atom is -0.362 e. The maximum Gasteiger partial charge on any atom is 0.270 e. The maximum absolute atomic E-state index is 7.79. The molecule has 2 nitrogen and oxygen atoms in total. The molecule has 0 N–H and O–H groups in total. The van der Waals surface area contributed by atoms with Crippen LogP contribution in [-0.4, -0.2) is 10.5 Å². The highest BCUT2D eigenvalue weighted by atomic mass is 14.9. The first-order chi connectivity index (χ1) is 2.43. The van der Waals surface area contributed by atoms with Crippen LogP contribution >= 0.6 is 0 Å². The van der Waals surface area contributed by atoms with E-state index in [-0.39, 0.29) is 0 Å². The van der Waals surface area contributed by atoms with Gasteiger partial charge in [0.15, 0.2) is 0 Å². The largest absolute Gasteiger partial charge is 0.362 e. The summed E-state index contributed by atoms with van der Waals surface area (Å²) in [5.74, 6) is 0. The van der Waals surface area contributed by atoms with Crippen LogP contribution in [0, 0.1) is 0 Å². The first-order valence-corrected chi connectivity index (χ1v) is 1.63. The standard InChI is InChI=1S/C3H4N2/c4-5-3-1-2-3/h1-2H2. The average molecular weight is 68.1 g/mol. The fourth-order valence-corrected chi connectivity index (χ4v) is 0.156. The molecule has 1 fully saturated rings. The van der Waals surface area contributed by atoms with Gasteiger partial charge in [0.25, 0.3) is 5.71 Å². The fourth-order valence-electron chi connectivity index (χ4n) is 0.156. The minimum absolute atomic E-state index is 0.935. The first kappa shape index (κ1) is 2.61. The zero-order chi connectivity index (χ0) is 3.70. The van der Waals surface area contributed by atoms with E-state index in [1.807, 2.05) is 0 Å². The molecule has 0 heterocycles. The topological polar surface area (TPSA) is 36.4 Å². The van der Waals surface area contributed by atoms with Crippen LogP contribution in [0.1, 0.15) is 12.8 Å². The van der Waals surface area contributed by atoms with Crippen LogP contribution in [0.15, 0.2) is 0 Å². The van der Waals surface area contributed by atoms with E-state index < -0.39 is 0 Å². The van der Waals surface area contributed by atoms with Gasteiger partial charge in [0, 0.05) is 0 Å². The van der Waals surface area contributed by atoms with Crippen molar-refractivity contribution in [2.45, 2.75) is 12.8 Å². The summed E-state index contributed by atoms with van der Waals surface area (Å²) in [5, 5.41) is 0. The fraction of sp³-hybridized carbons (Fsp3) is 0.667. The summed E-state index contributed by atoms with van der Waals surface area (Å²) in [4.78, 5) is 2.92. The molecule has 0 unspecified atom stereocenters. The van der Waals surface area contributed by atoms with Gasteiger partial charge in [-0.05, 0) is 0 Å². The van der Waals surface area contributed by atoms with E-state index in [0.29, 0.717) is 0 Å². The third-order valence-electron chi connectivity index (χ3n) is 0.615. The zero-order valence-corrected chi connectivity index (χ0v) is 2.81. The van der Waals surface area contributed by atoms with Gasteiger partial charge in [0.2, 0.25) is 0 Å². The second-order valence-electron chi connectivity index (χ2n) is 1.17. The van der Waals surface area contributed by atoms with Crippen molar-refractivity contribution in [3.63, 3.8) is 0 Å². The van der Waals surface area contributed by atoms with Gasteiger partial charge >= 0.3 is 0 Å². The van der Waals surface area contributed by atoms with Crippen molar-refractivity contribution in [3.8, 4) is 0 Å². The molecule has 1 aliphatic rings. The van der Waals surface area contributed by atoms with Crippen molar-refractivity contribution in [1.82, 2.24) is 0 Å². The number of hydrogen-bond acceptors (Lipinski definition) is 0. The zero-order valence-electron chi connectivity index (χ0n) is 2.81. The summed E-state index contributed by atoms with van der Waals surface area (Å²) < 4.78 is 0. The molecule has 0 atom stereocenters. The van der Waals surface area contributed by atoms with Crippen LogP contribution in [0.25, 0.3) is 5.53 Å². The van der Waals surface area contributed by atoms with E-state index in [2.05, 4.69) is 4.79 Å². The molecule has 1 rings (SSSR count). The van der Waals surface area contributed by atoms with E-state index in [1.54, 1.807) is 0 Å². The molecule has 0 aliphatic heterocycles. The molecule has 0 amide bonds. The number of nitrogens with zero attached hydrogens (tertiary/aromatic N) is 2. The summed E-state index contributed by atoms with van der Waals surface area (Å²) in [6.07, 6.45) is 2.02. The number of rotatable bonds is 0. The molecule has 1 aliphatic carbocycles. The van der Waals surface area contributed by atoms with Gasteiger partial charge < -0.3 is 5.53 Å². The lowest BCUT2D eigenvalue weighted by Gasteiger charge is -1.34. The normalized spacial score (nSPS) is 18.0. The van der Waals surface area contributed by atoms with Gasteiger partial charge in [-0.25, -0.2) is 0 Å². The van der Waals surface area contributed by atoms with Crippen LogP contribution in [-0.2, 0) is 0 Å². The maximum atomic E-state index is 7.79. The summed E-state index contributed by atoms with van der Waals surface area (Å²) in [5.41, 5.74) is 8.73. The molecule has 2 heteroatoms. The molecule has 0 saturated heterocycles. The monoisotopic (exact) mass is 68.0 g/mol. The third kappa shape index (κ3) is 0.336. The summed E-state index contributed by atoms with van der Waals surface area (Å²) >= 11 is 0. The second-order valence-corrected chi connectivity index (χ2v) is 1.17. The van der Waals surface area contributed by atoms with Gasteiger partial charge in [-0.15, -0.1) is 0 Å². The van der Waals surface area contributed by atoms with Crippen molar-refractivity contribution >= 4 is 5.71 Å². The Morgan fingerprint density at radius 2 is 2.20 bits per heavy atom. The molecule has 1 saturated carbocycles. The quantitative estimate of drug-likeness (QED) is 0.292. The number of hydrogen-bond donors (Lipinski definition) is 0. The predicted octanol–water partition coefficient (Wildman–Crippen LogP) is 0.451. The first-order valence-electron chi connectivity index (χ1n) is 1.63. The van der Waals surface area contributed by atoms with E-state index in [9.17, 15) is 0 Å². The Morgan fingerprint density at radius 1 is 1.60 bits per heavy atom. The predicted molar refractivity (Wildman–Crippen MR) is 17.9 cm³/mol. The Balaban J connectivity index is 2.80. The highest BCUT2D eigenvalue weighted by molar-refractivity contribution is 5.92. The third-order valence-corrected chi connectivity index (χ3v) is 0.615. The Bertz CT molecular complexity index is 83.1. The Hall–Kier alpha value is -0.620. The van der Waals surface area contributed by atoms with Crippen LogP contribution in [0.3, 0.4) is 0 Å². The lowest BCUT2D eigenvalue weighted by molar-refractivity contribution is -0.000890. The lowest BCUT2D eigenvalue weighted by Crippen LogP contribution is -1.55. The van der Waals surface area contributed by atoms with Crippen molar-refractivity contribution in [1.29, 1.82) is 0 Å². The molecular weight excluding hydrogens is 64.0 g/mol. The van der Waals surface area contributed by atoms with Crippen LogP contribution < -0.4 is 0 Å². The Kier molecular flexibility index (Phi) is 0.345. The summed E-state index contributed by atoms with van der Waals surface area (Å²) in [6, 6.07) is 0. The van der Waals surface area contributed by atoms with Gasteiger partial charge in [-0.1, -0.05) is 0 Å². The van der Waals surface area contributed by atoms with Crippen LogP contribution in [0.2, 0.25) is 0 Å². The molecule has 26 valence electrons.